The van der Waals surface area contributed by atoms with Gasteiger partial charge < -0.3 is 0 Å². The number of thiazole rings is 1. The standard InChI is InChI=1S/C9H4Cl2NS/c10-6-2-1-3-7(11)9(6)8-4-13-5-12-8/h1-4H. The summed E-state index contributed by atoms with van der Waals surface area (Å²) in [4.78, 5) is 4.03. The maximum absolute atomic E-state index is 5.99. The summed E-state index contributed by atoms with van der Waals surface area (Å²) >= 11 is 13.4. The summed E-state index contributed by atoms with van der Waals surface area (Å²) in [6, 6.07) is 5.40. The lowest BCUT2D eigenvalue weighted by Gasteiger charge is -2.02. The van der Waals surface area contributed by atoms with Crippen molar-refractivity contribution in [1.29, 1.82) is 0 Å². The molecule has 0 aliphatic carbocycles. The van der Waals surface area contributed by atoms with Crippen molar-refractivity contribution >= 4 is 34.5 Å². The first-order chi connectivity index (χ1) is 6.29. The molecule has 0 saturated heterocycles. The second kappa shape index (κ2) is 3.66. The van der Waals surface area contributed by atoms with Crippen molar-refractivity contribution in [2.75, 3.05) is 0 Å². The van der Waals surface area contributed by atoms with E-state index < -0.39 is 0 Å². The molecule has 1 aromatic heterocycles. The van der Waals surface area contributed by atoms with Crippen molar-refractivity contribution in [3.05, 3.63) is 39.1 Å². The molecule has 0 amide bonds. The largest absolute Gasteiger partial charge is 0.233 e. The highest BCUT2D eigenvalue weighted by Crippen LogP contribution is 2.33. The average molecular weight is 229 g/mol. The zero-order chi connectivity index (χ0) is 9.26. The van der Waals surface area contributed by atoms with Crippen LogP contribution in [0.15, 0.2) is 23.6 Å². The predicted molar refractivity (Wildman–Crippen MR) is 56.4 cm³/mol. The first kappa shape index (κ1) is 9.00. The molecule has 1 radical (unpaired) electrons. The molecule has 0 unspecified atom stereocenters. The molecule has 0 bridgehead atoms. The third-order valence-electron chi connectivity index (χ3n) is 1.61. The van der Waals surface area contributed by atoms with Gasteiger partial charge in [0, 0.05) is 10.9 Å². The second-order valence-electron chi connectivity index (χ2n) is 2.42. The van der Waals surface area contributed by atoms with E-state index in [2.05, 4.69) is 10.5 Å². The number of rotatable bonds is 1. The number of halogens is 2. The van der Waals surface area contributed by atoms with Crippen LogP contribution in [0.2, 0.25) is 10.0 Å². The van der Waals surface area contributed by atoms with E-state index in [1.54, 1.807) is 12.1 Å². The molecule has 0 N–H and O–H groups in total. The molecule has 1 nitrogen and oxygen atoms in total. The molecular formula is C9H4Cl2NS. The Labute approximate surface area is 90.0 Å². The van der Waals surface area contributed by atoms with Gasteiger partial charge in [-0.2, -0.15) is 0 Å². The molecule has 65 valence electrons. The highest BCUT2D eigenvalue weighted by Gasteiger charge is 2.09. The van der Waals surface area contributed by atoms with Gasteiger partial charge in [-0.15, -0.1) is 11.3 Å². The Morgan fingerprint density at radius 3 is 2.46 bits per heavy atom. The lowest BCUT2D eigenvalue weighted by molar-refractivity contribution is 1.40. The summed E-state index contributed by atoms with van der Waals surface area (Å²) in [7, 11) is 0. The highest BCUT2D eigenvalue weighted by molar-refractivity contribution is 7.07. The molecule has 0 spiro atoms. The number of hydrogen-bond acceptors (Lipinski definition) is 2. The zero-order valence-electron chi connectivity index (χ0n) is 6.42. The summed E-state index contributed by atoms with van der Waals surface area (Å²) in [5, 5.41) is 3.10. The number of benzene rings is 1. The van der Waals surface area contributed by atoms with E-state index in [0.29, 0.717) is 10.0 Å². The Morgan fingerprint density at radius 1 is 1.23 bits per heavy atom. The van der Waals surface area contributed by atoms with E-state index >= 15 is 0 Å². The van der Waals surface area contributed by atoms with Crippen LogP contribution in [0.25, 0.3) is 11.3 Å². The highest BCUT2D eigenvalue weighted by atomic mass is 35.5. The van der Waals surface area contributed by atoms with E-state index in [1.807, 2.05) is 11.4 Å². The van der Waals surface area contributed by atoms with E-state index in [-0.39, 0.29) is 0 Å². The van der Waals surface area contributed by atoms with E-state index in [0.717, 1.165) is 11.3 Å². The van der Waals surface area contributed by atoms with Gasteiger partial charge in [-0.3, -0.25) is 0 Å². The summed E-state index contributed by atoms with van der Waals surface area (Å²) in [5.74, 6) is 0. The maximum Gasteiger partial charge on any atom is 0.152 e. The molecule has 4 heteroatoms. The molecular weight excluding hydrogens is 225 g/mol. The van der Waals surface area contributed by atoms with Crippen molar-refractivity contribution in [3.63, 3.8) is 0 Å². The minimum absolute atomic E-state index is 0.617. The van der Waals surface area contributed by atoms with Crippen molar-refractivity contribution < 1.29 is 0 Å². The first-order valence-electron chi connectivity index (χ1n) is 3.55. The van der Waals surface area contributed by atoms with Gasteiger partial charge in [0.2, 0.25) is 0 Å². The van der Waals surface area contributed by atoms with Crippen LogP contribution in [0, 0.1) is 5.51 Å². The maximum atomic E-state index is 5.99. The fourth-order valence-electron chi connectivity index (χ4n) is 1.04. The van der Waals surface area contributed by atoms with Gasteiger partial charge in [-0.05, 0) is 12.1 Å². The van der Waals surface area contributed by atoms with Crippen LogP contribution in [-0.4, -0.2) is 4.98 Å². The fourth-order valence-corrected chi connectivity index (χ4v) is 2.12. The van der Waals surface area contributed by atoms with Gasteiger partial charge in [0.15, 0.2) is 5.51 Å². The van der Waals surface area contributed by atoms with Gasteiger partial charge in [0.1, 0.15) is 0 Å². The molecule has 0 aliphatic heterocycles. The van der Waals surface area contributed by atoms with E-state index in [4.69, 9.17) is 23.2 Å². The van der Waals surface area contributed by atoms with Crippen LogP contribution in [-0.2, 0) is 0 Å². The predicted octanol–water partition coefficient (Wildman–Crippen LogP) is 3.92. The monoisotopic (exact) mass is 228 g/mol. The molecule has 2 aromatic rings. The lowest BCUT2D eigenvalue weighted by Crippen LogP contribution is -1.80. The topological polar surface area (TPSA) is 12.9 Å². The minimum Gasteiger partial charge on any atom is -0.233 e. The lowest BCUT2D eigenvalue weighted by atomic mass is 10.2. The van der Waals surface area contributed by atoms with Gasteiger partial charge in [0.25, 0.3) is 0 Å². The van der Waals surface area contributed by atoms with Crippen molar-refractivity contribution in [2.45, 2.75) is 0 Å². The number of aromatic nitrogens is 1. The smallest absolute Gasteiger partial charge is 0.152 e. The average Bonchev–Trinajstić information content (AvgIpc) is 2.57. The Bertz CT molecular complexity index is 391. The van der Waals surface area contributed by atoms with Crippen molar-refractivity contribution in [2.24, 2.45) is 0 Å². The van der Waals surface area contributed by atoms with Crippen LogP contribution in [0.5, 0.6) is 0 Å². The van der Waals surface area contributed by atoms with E-state index in [1.165, 1.54) is 11.3 Å². The molecule has 1 heterocycles. The SMILES string of the molecule is Clc1cccc(Cl)c1-c1cs[c]n1. The summed E-state index contributed by atoms with van der Waals surface area (Å²) in [6.07, 6.45) is 0. The number of nitrogens with zero attached hydrogens (tertiary/aromatic N) is 1. The second-order valence-corrected chi connectivity index (χ2v) is 3.89. The molecule has 13 heavy (non-hydrogen) atoms. The molecule has 0 aliphatic rings. The third kappa shape index (κ3) is 1.70. The molecule has 0 fully saturated rings. The van der Waals surface area contributed by atoms with Crippen LogP contribution >= 0.6 is 34.5 Å². The Kier molecular flexibility index (Phi) is 2.54. The first-order valence-corrected chi connectivity index (χ1v) is 5.18. The number of hydrogen-bond donors (Lipinski definition) is 0. The normalized spacial score (nSPS) is 10.3. The fraction of sp³-hybridized carbons (Fsp3) is 0. The van der Waals surface area contributed by atoms with Crippen molar-refractivity contribution in [1.82, 2.24) is 4.98 Å². The van der Waals surface area contributed by atoms with Gasteiger partial charge in [-0.1, -0.05) is 29.3 Å². The summed E-state index contributed by atoms with van der Waals surface area (Å²) in [5.41, 5.74) is 4.32. The Morgan fingerprint density at radius 2 is 1.92 bits per heavy atom. The molecule has 0 saturated carbocycles. The van der Waals surface area contributed by atoms with Crippen LogP contribution in [0.4, 0.5) is 0 Å². The van der Waals surface area contributed by atoms with E-state index in [9.17, 15) is 0 Å². The Balaban J connectivity index is 2.64. The van der Waals surface area contributed by atoms with Crippen LogP contribution < -0.4 is 0 Å². The Hall–Kier alpha value is -0.570. The quantitative estimate of drug-likeness (QED) is 0.722. The van der Waals surface area contributed by atoms with Gasteiger partial charge in [0.05, 0.1) is 15.7 Å². The van der Waals surface area contributed by atoms with Crippen LogP contribution in [0.3, 0.4) is 0 Å². The summed E-state index contributed by atoms with van der Waals surface area (Å²) in [6.45, 7) is 0. The van der Waals surface area contributed by atoms with Crippen molar-refractivity contribution in [3.8, 4) is 11.3 Å². The third-order valence-corrected chi connectivity index (χ3v) is 2.78. The van der Waals surface area contributed by atoms with Gasteiger partial charge >= 0.3 is 0 Å². The van der Waals surface area contributed by atoms with Gasteiger partial charge in [-0.25, -0.2) is 4.98 Å². The molecule has 1 aromatic carbocycles. The van der Waals surface area contributed by atoms with Crippen LogP contribution in [0.1, 0.15) is 0 Å². The summed E-state index contributed by atoms with van der Waals surface area (Å²) < 4.78 is 0. The molecule has 0 atom stereocenters. The zero-order valence-corrected chi connectivity index (χ0v) is 8.75. The molecule has 2 rings (SSSR count). The minimum atomic E-state index is 0.617.